The Kier molecular flexibility index (Phi) is 5.41. The molecule has 0 radical (unpaired) electrons. The molecule has 1 N–H and O–H groups in total. The van der Waals surface area contributed by atoms with Crippen LogP contribution in [-0.2, 0) is 4.74 Å². The summed E-state index contributed by atoms with van der Waals surface area (Å²) in [6, 6.07) is 5.36. The number of benzene rings is 1. The second-order valence-corrected chi connectivity index (χ2v) is 7.32. The number of carbonyl (C=O) groups is 1. The highest BCUT2D eigenvalue weighted by molar-refractivity contribution is 9.10. The summed E-state index contributed by atoms with van der Waals surface area (Å²) in [5.74, 6) is 1.08. The van der Waals surface area contributed by atoms with Crippen LogP contribution in [0.4, 0.5) is 4.79 Å². The number of methoxy groups -OCH3 is 1. The number of carbonyl (C=O) groups excluding carboxylic acids is 1. The van der Waals surface area contributed by atoms with E-state index in [1.54, 1.807) is 40.0 Å². The van der Waals surface area contributed by atoms with Crippen molar-refractivity contribution in [2.24, 2.45) is 0 Å². The molecule has 1 saturated heterocycles. The molecule has 6 nitrogen and oxygen atoms in total. The number of hydrogen-bond acceptors (Lipinski definition) is 5. The maximum Gasteiger partial charge on any atom is 0.410 e. The van der Waals surface area contributed by atoms with Crippen LogP contribution >= 0.6 is 15.9 Å². The third kappa shape index (κ3) is 4.75. The van der Waals surface area contributed by atoms with E-state index in [1.807, 2.05) is 6.07 Å². The first-order valence-electron chi connectivity index (χ1n) is 7.36. The molecule has 2 rings (SSSR count). The average Bonchev–Trinajstić information content (AvgIpc) is 2.80. The van der Waals surface area contributed by atoms with E-state index >= 15 is 0 Å². The van der Waals surface area contributed by atoms with Crippen molar-refractivity contribution >= 4 is 22.0 Å². The van der Waals surface area contributed by atoms with Gasteiger partial charge in [-0.05, 0) is 39.0 Å². The molecular weight excluding hydrogens is 366 g/mol. The third-order valence-electron chi connectivity index (χ3n) is 3.29. The Balaban J connectivity index is 2.04. The number of halogens is 1. The topological polar surface area (TPSA) is 68.2 Å². The molecule has 2 atom stereocenters. The van der Waals surface area contributed by atoms with Gasteiger partial charge in [-0.2, -0.15) is 0 Å². The molecule has 1 heterocycles. The monoisotopic (exact) mass is 387 g/mol. The van der Waals surface area contributed by atoms with Crippen molar-refractivity contribution in [3.63, 3.8) is 0 Å². The van der Waals surface area contributed by atoms with Crippen molar-refractivity contribution in [2.75, 3.05) is 20.2 Å². The smallest absolute Gasteiger partial charge is 0.410 e. The Morgan fingerprint density at radius 1 is 1.30 bits per heavy atom. The molecule has 1 aliphatic heterocycles. The molecule has 0 aromatic heterocycles. The van der Waals surface area contributed by atoms with Gasteiger partial charge in [-0.1, -0.05) is 15.9 Å². The van der Waals surface area contributed by atoms with Gasteiger partial charge in [-0.25, -0.2) is 4.79 Å². The summed E-state index contributed by atoms with van der Waals surface area (Å²) in [6.07, 6.45) is -1.76. The number of β-amino-alcohol motifs (C(OH)–C–C–N with tert-alkyl or cyclic N) is 1. The standard InChI is InChI=1S/C16H22BrNO5/c1-16(2,3)23-15(20)18-8-11(19)14(9-18)22-12-6-5-10(17)7-13(12)21-4/h5-7,11,14,19H,8-9H2,1-4H3/t11-,14-/m0/s1. The summed E-state index contributed by atoms with van der Waals surface area (Å²) in [5.41, 5.74) is -0.574. The lowest BCUT2D eigenvalue weighted by atomic mass is 10.2. The van der Waals surface area contributed by atoms with Crippen molar-refractivity contribution in [3.05, 3.63) is 22.7 Å². The molecule has 1 aromatic carbocycles. The molecule has 1 amide bonds. The highest BCUT2D eigenvalue weighted by atomic mass is 79.9. The first-order chi connectivity index (χ1) is 10.7. The van der Waals surface area contributed by atoms with Crippen molar-refractivity contribution in [3.8, 4) is 11.5 Å². The van der Waals surface area contributed by atoms with E-state index in [4.69, 9.17) is 14.2 Å². The molecule has 1 aliphatic rings. The predicted octanol–water partition coefficient (Wildman–Crippen LogP) is 2.82. The number of likely N-dealkylation sites (tertiary alicyclic amines) is 1. The van der Waals surface area contributed by atoms with E-state index in [9.17, 15) is 9.90 Å². The Morgan fingerprint density at radius 3 is 2.61 bits per heavy atom. The van der Waals surface area contributed by atoms with Crippen molar-refractivity contribution in [1.29, 1.82) is 0 Å². The maximum absolute atomic E-state index is 12.1. The van der Waals surface area contributed by atoms with Crippen LogP contribution in [0.1, 0.15) is 20.8 Å². The van der Waals surface area contributed by atoms with Gasteiger partial charge in [0.1, 0.15) is 17.8 Å². The maximum atomic E-state index is 12.1. The molecule has 0 aliphatic carbocycles. The molecule has 7 heteroatoms. The Labute approximate surface area is 144 Å². The fourth-order valence-corrected chi connectivity index (χ4v) is 2.59. The molecule has 0 saturated carbocycles. The Bertz CT molecular complexity index is 572. The zero-order valence-electron chi connectivity index (χ0n) is 13.7. The van der Waals surface area contributed by atoms with Gasteiger partial charge in [0.25, 0.3) is 0 Å². The molecular formula is C16H22BrNO5. The first-order valence-corrected chi connectivity index (χ1v) is 8.15. The highest BCUT2D eigenvalue weighted by Crippen LogP contribution is 2.32. The van der Waals surface area contributed by atoms with Crippen molar-refractivity contribution in [1.82, 2.24) is 4.90 Å². The summed E-state index contributed by atoms with van der Waals surface area (Å²) >= 11 is 3.36. The minimum Gasteiger partial charge on any atom is -0.493 e. The molecule has 0 unspecified atom stereocenters. The lowest BCUT2D eigenvalue weighted by molar-refractivity contribution is 0.0268. The average molecular weight is 388 g/mol. The second kappa shape index (κ2) is 6.97. The number of nitrogens with zero attached hydrogens (tertiary/aromatic N) is 1. The predicted molar refractivity (Wildman–Crippen MR) is 88.9 cm³/mol. The van der Waals surface area contributed by atoms with Gasteiger partial charge in [0.2, 0.25) is 0 Å². The van der Waals surface area contributed by atoms with Crippen LogP contribution in [0.5, 0.6) is 11.5 Å². The van der Waals surface area contributed by atoms with Gasteiger partial charge in [-0.3, -0.25) is 0 Å². The van der Waals surface area contributed by atoms with Gasteiger partial charge in [-0.15, -0.1) is 0 Å². The zero-order valence-corrected chi connectivity index (χ0v) is 15.3. The lowest BCUT2D eigenvalue weighted by Gasteiger charge is -2.24. The van der Waals surface area contributed by atoms with Crippen LogP contribution in [-0.4, -0.2) is 54.1 Å². The van der Waals surface area contributed by atoms with Crippen LogP contribution in [0.2, 0.25) is 0 Å². The molecule has 23 heavy (non-hydrogen) atoms. The van der Waals surface area contributed by atoms with Crippen LogP contribution in [0.15, 0.2) is 22.7 Å². The van der Waals surface area contributed by atoms with Gasteiger partial charge >= 0.3 is 6.09 Å². The minimum atomic E-state index is -0.782. The highest BCUT2D eigenvalue weighted by Gasteiger charge is 2.38. The minimum absolute atomic E-state index is 0.179. The van der Waals surface area contributed by atoms with E-state index in [-0.39, 0.29) is 13.1 Å². The number of hydrogen-bond donors (Lipinski definition) is 1. The van der Waals surface area contributed by atoms with Crippen LogP contribution in [0.3, 0.4) is 0 Å². The van der Waals surface area contributed by atoms with E-state index in [0.29, 0.717) is 11.5 Å². The molecule has 0 bridgehead atoms. The van der Waals surface area contributed by atoms with Gasteiger partial charge < -0.3 is 24.2 Å². The summed E-state index contributed by atoms with van der Waals surface area (Å²) in [7, 11) is 1.55. The molecule has 0 spiro atoms. The molecule has 1 aromatic rings. The van der Waals surface area contributed by atoms with Crippen LogP contribution in [0, 0.1) is 0 Å². The van der Waals surface area contributed by atoms with Crippen LogP contribution < -0.4 is 9.47 Å². The summed E-state index contributed by atoms with van der Waals surface area (Å²) in [4.78, 5) is 13.5. The normalized spacial score (nSPS) is 21.2. The van der Waals surface area contributed by atoms with E-state index in [1.165, 1.54) is 4.90 Å². The second-order valence-electron chi connectivity index (χ2n) is 6.40. The quantitative estimate of drug-likeness (QED) is 0.863. The largest absolute Gasteiger partial charge is 0.493 e. The summed E-state index contributed by atoms with van der Waals surface area (Å²) in [6.45, 7) is 5.85. The zero-order chi connectivity index (χ0) is 17.2. The number of amides is 1. The third-order valence-corrected chi connectivity index (χ3v) is 3.79. The van der Waals surface area contributed by atoms with Crippen LogP contribution in [0.25, 0.3) is 0 Å². The fourth-order valence-electron chi connectivity index (χ4n) is 2.25. The molecule has 1 fully saturated rings. The summed E-state index contributed by atoms with van der Waals surface area (Å²) in [5, 5.41) is 10.2. The van der Waals surface area contributed by atoms with Gasteiger partial charge in [0.15, 0.2) is 11.5 Å². The SMILES string of the molecule is COc1cc(Br)ccc1O[C@H]1CN(C(=O)OC(C)(C)C)C[C@@H]1O. The van der Waals surface area contributed by atoms with Gasteiger partial charge in [0.05, 0.1) is 20.2 Å². The number of ether oxygens (including phenoxy) is 3. The Morgan fingerprint density at radius 2 is 2.00 bits per heavy atom. The van der Waals surface area contributed by atoms with Gasteiger partial charge in [0, 0.05) is 4.47 Å². The number of aliphatic hydroxyl groups is 1. The number of rotatable bonds is 3. The first kappa shape index (κ1) is 17.9. The Hall–Kier alpha value is -1.47. The van der Waals surface area contributed by atoms with E-state index in [0.717, 1.165) is 4.47 Å². The summed E-state index contributed by atoms with van der Waals surface area (Å²) < 4.78 is 17.3. The lowest BCUT2D eigenvalue weighted by Crippen LogP contribution is -2.36. The van der Waals surface area contributed by atoms with E-state index in [2.05, 4.69) is 15.9 Å². The number of aliphatic hydroxyl groups excluding tert-OH is 1. The van der Waals surface area contributed by atoms with E-state index < -0.39 is 23.9 Å². The molecule has 128 valence electrons. The van der Waals surface area contributed by atoms with Crippen molar-refractivity contribution < 1.29 is 24.1 Å². The van der Waals surface area contributed by atoms with Crippen molar-refractivity contribution in [2.45, 2.75) is 38.6 Å². The fraction of sp³-hybridized carbons (Fsp3) is 0.562.